The van der Waals surface area contributed by atoms with Gasteiger partial charge < -0.3 is 57.6 Å². The highest BCUT2D eigenvalue weighted by Crippen LogP contribution is 2.40. The number of benzene rings is 3. The summed E-state index contributed by atoms with van der Waals surface area (Å²) in [5.74, 6) is -1.48. The SMILES string of the molecule is CCCCOc1ccc(-c2nc(C)c(C(=O)NC(CCN)C(=O)N(C)[C@@H]3C(=O)N[C@@H](C)C(=O)N[C@H](C(=O)NCC#N)Cc4ccc(OCCN)c(c4)-c4cc3ccc4OCCN)c(C)n2)cc1. The molecular formula is C48H61N11O8. The molecule has 1 aromatic heterocycles. The van der Waals surface area contributed by atoms with Crippen molar-refractivity contribution in [2.45, 2.75) is 77.5 Å². The van der Waals surface area contributed by atoms with Crippen LogP contribution in [0.1, 0.15) is 72.0 Å². The number of nitrogens with two attached hydrogens (primary N) is 3. The molecule has 1 aliphatic heterocycles. The molecule has 5 rings (SSSR count). The first-order chi connectivity index (χ1) is 32.2. The summed E-state index contributed by atoms with van der Waals surface area (Å²) in [6.45, 7) is 7.84. The van der Waals surface area contributed by atoms with Crippen LogP contribution in [0.3, 0.4) is 0 Å². The molecular weight excluding hydrogens is 859 g/mol. The van der Waals surface area contributed by atoms with E-state index >= 15 is 0 Å². The molecule has 5 amide bonds. The Bertz CT molecular complexity index is 2420. The van der Waals surface area contributed by atoms with Gasteiger partial charge in [0.1, 0.15) is 61.2 Å². The minimum Gasteiger partial charge on any atom is -0.494 e. The van der Waals surface area contributed by atoms with Gasteiger partial charge >= 0.3 is 0 Å². The largest absolute Gasteiger partial charge is 0.494 e. The van der Waals surface area contributed by atoms with Crippen LogP contribution in [-0.4, -0.2) is 116 Å². The lowest BCUT2D eigenvalue weighted by atomic mass is 9.93. The number of fused-ring (bicyclic) bond motifs is 5. The summed E-state index contributed by atoms with van der Waals surface area (Å²) >= 11 is 0. The van der Waals surface area contributed by atoms with E-state index < -0.39 is 53.7 Å². The van der Waals surface area contributed by atoms with Gasteiger partial charge in [-0.1, -0.05) is 25.5 Å². The number of ether oxygens (including phenoxy) is 3. The molecule has 0 saturated heterocycles. The van der Waals surface area contributed by atoms with Gasteiger partial charge in [0.15, 0.2) is 5.82 Å². The van der Waals surface area contributed by atoms with Crippen molar-refractivity contribution in [1.82, 2.24) is 36.1 Å². The van der Waals surface area contributed by atoms with E-state index in [-0.39, 0.29) is 57.8 Å². The third-order valence-electron chi connectivity index (χ3n) is 11.0. The van der Waals surface area contributed by atoms with Crippen LogP contribution in [-0.2, 0) is 25.6 Å². The predicted molar refractivity (Wildman–Crippen MR) is 251 cm³/mol. The summed E-state index contributed by atoms with van der Waals surface area (Å²) in [5.41, 5.74) is 21.2. The van der Waals surface area contributed by atoms with E-state index in [4.69, 9.17) is 31.4 Å². The second-order valence-electron chi connectivity index (χ2n) is 16.0. The van der Waals surface area contributed by atoms with Crippen LogP contribution in [0.25, 0.3) is 22.5 Å². The van der Waals surface area contributed by atoms with Gasteiger partial charge in [0.05, 0.1) is 29.6 Å². The van der Waals surface area contributed by atoms with Gasteiger partial charge in [-0.15, -0.1) is 0 Å². The zero-order valence-electron chi connectivity index (χ0n) is 38.6. The van der Waals surface area contributed by atoms with Gasteiger partial charge in [0, 0.05) is 43.2 Å². The van der Waals surface area contributed by atoms with E-state index in [1.54, 1.807) is 50.2 Å². The summed E-state index contributed by atoms with van der Waals surface area (Å²) < 4.78 is 18.0. The van der Waals surface area contributed by atoms with Crippen molar-refractivity contribution in [3.63, 3.8) is 0 Å². The van der Waals surface area contributed by atoms with Gasteiger partial charge in [-0.05, 0) is 99.8 Å². The first-order valence-corrected chi connectivity index (χ1v) is 22.3. The molecule has 3 aromatic carbocycles. The number of amides is 5. The molecule has 4 aromatic rings. The number of carbonyl (C=O) groups excluding carboxylic acids is 5. The highest BCUT2D eigenvalue weighted by atomic mass is 16.5. The summed E-state index contributed by atoms with van der Waals surface area (Å²) in [7, 11) is 1.41. The average Bonchev–Trinajstić information content (AvgIpc) is 3.31. The Labute approximate surface area is 390 Å². The van der Waals surface area contributed by atoms with Gasteiger partial charge in [-0.2, -0.15) is 5.26 Å². The van der Waals surface area contributed by atoms with Crippen LogP contribution in [0, 0.1) is 25.2 Å². The molecule has 67 heavy (non-hydrogen) atoms. The highest BCUT2D eigenvalue weighted by Gasteiger charge is 2.36. The zero-order chi connectivity index (χ0) is 48.6. The first kappa shape index (κ1) is 50.9. The third-order valence-corrected chi connectivity index (χ3v) is 11.0. The second kappa shape index (κ2) is 24.4. The van der Waals surface area contributed by atoms with Crippen molar-refractivity contribution in [3.8, 4) is 45.8 Å². The summed E-state index contributed by atoms with van der Waals surface area (Å²) in [4.78, 5) is 81.0. The molecule has 10 N–H and O–H groups in total. The van der Waals surface area contributed by atoms with Crippen LogP contribution in [0.15, 0.2) is 60.7 Å². The molecule has 0 radical (unpaired) electrons. The number of hydrogen-bond acceptors (Lipinski definition) is 14. The van der Waals surface area contributed by atoms with Crippen molar-refractivity contribution in [1.29, 1.82) is 5.26 Å². The monoisotopic (exact) mass is 919 g/mol. The van der Waals surface area contributed by atoms with Gasteiger partial charge in [-0.3, -0.25) is 24.0 Å². The Morgan fingerprint density at radius 3 is 2.12 bits per heavy atom. The molecule has 356 valence electrons. The molecule has 0 saturated carbocycles. The lowest BCUT2D eigenvalue weighted by Crippen LogP contribution is -2.56. The Kier molecular flexibility index (Phi) is 18.5. The molecule has 19 nitrogen and oxygen atoms in total. The lowest BCUT2D eigenvalue weighted by Gasteiger charge is -2.32. The lowest BCUT2D eigenvalue weighted by molar-refractivity contribution is -0.141. The fraction of sp³-hybridized carbons (Fsp3) is 0.417. The van der Waals surface area contributed by atoms with Crippen LogP contribution in [0.2, 0.25) is 0 Å². The van der Waals surface area contributed by atoms with E-state index in [1.165, 1.54) is 18.9 Å². The quantitative estimate of drug-likeness (QED) is 0.0524. The van der Waals surface area contributed by atoms with Crippen LogP contribution in [0.4, 0.5) is 0 Å². The maximum absolute atomic E-state index is 14.7. The van der Waals surface area contributed by atoms with Gasteiger partial charge in [0.25, 0.3) is 5.91 Å². The van der Waals surface area contributed by atoms with Crippen molar-refractivity contribution in [3.05, 3.63) is 88.7 Å². The molecule has 4 bridgehead atoms. The minimum absolute atomic E-state index is 0.00116. The van der Waals surface area contributed by atoms with Crippen LogP contribution < -0.4 is 52.7 Å². The molecule has 0 aliphatic carbocycles. The number of aryl methyl sites for hydroxylation is 2. The predicted octanol–water partition coefficient (Wildman–Crippen LogP) is 2.11. The second-order valence-corrected chi connectivity index (χ2v) is 16.0. The topological polar surface area (TPSA) is 292 Å². The number of unbranched alkanes of at least 4 members (excludes halogenated alkanes) is 1. The fourth-order valence-corrected chi connectivity index (χ4v) is 7.57. The van der Waals surface area contributed by atoms with Gasteiger partial charge in [0.2, 0.25) is 23.6 Å². The molecule has 0 fully saturated rings. The molecule has 4 atom stereocenters. The van der Waals surface area contributed by atoms with Crippen molar-refractivity contribution < 1.29 is 38.2 Å². The molecule has 19 heteroatoms. The fourth-order valence-electron chi connectivity index (χ4n) is 7.57. The number of nitriles is 1. The first-order valence-electron chi connectivity index (χ1n) is 22.3. The Balaban J connectivity index is 1.54. The normalized spacial score (nSPS) is 16.3. The van der Waals surface area contributed by atoms with Crippen molar-refractivity contribution in [2.24, 2.45) is 17.2 Å². The van der Waals surface area contributed by atoms with E-state index in [0.29, 0.717) is 57.6 Å². The molecule has 1 unspecified atom stereocenters. The summed E-state index contributed by atoms with van der Waals surface area (Å²) in [5, 5.41) is 19.9. The van der Waals surface area contributed by atoms with Crippen LogP contribution >= 0.6 is 0 Å². The average molecular weight is 920 g/mol. The Morgan fingerprint density at radius 1 is 0.866 bits per heavy atom. The zero-order valence-corrected chi connectivity index (χ0v) is 38.6. The highest BCUT2D eigenvalue weighted by molar-refractivity contribution is 6.00. The number of rotatable bonds is 19. The summed E-state index contributed by atoms with van der Waals surface area (Å²) in [6, 6.07) is 14.4. The molecule has 0 spiro atoms. The molecule has 1 aliphatic rings. The number of carbonyl (C=O) groups is 5. The number of nitrogens with zero attached hydrogens (tertiary/aromatic N) is 4. The maximum atomic E-state index is 14.7. The van der Waals surface area contributed by atoms with E-state index in [9.17, 15) is 29.2 Å². The summed E-state index contributed by atoms with van der Waals surface area (Å²) in [6.07, 6.45) is 1.95. The Hall–Kier alpha value is -7.14. The standard InChI is InChI=1S/C48H61N11O8/c1-6-7-22-65-34-12-9-32(10-13-34)43-54-28(2)41(29(3)55-43)46(62)57-37(16-17-49)48(64)59(5)42-33-11-15-40(67-24-20-52)36(27-33)35-25-31(8-14-39(35)66-23-19-51)26-38(45(61)53-21-18-50)58-44(60)30(4)56-47(42)63/h8-15,25,27,30,37-38,42H,6-7,16-17,19-24,26,49,51-52H2,1-5H3,(H,53,61)(H,56,63)(H,57,62)(H,58,60)/t30-,37?,38-,42-/m0/s1. The maximum Gasteiger partial charge on any atom is 0.255 e. The smallest absolute Gasteiger partial charge is 0.255 e. The molecule has 2 heterocycles. The van der Waals surface area contributed by atoms with Crippen molar-refractivity contribution in [2.75, 3.05) is 53.0 Å². The number of hydrogen-bond donors (Lipinski definition) is 7. The van der Waals surface area contributed by atoms with Gasteiger partial charge in [-0.25, -0.2) is 9.97 Å². The van der Waals surface area contributed by atoms with E-state index in [1.807, 2.05) is 30.3 Å². The third kappa shape index (κ3) is 13.0. The number of likely N-dealkylation sites (N-methyl/N-ethyl adjacent to an activating group) is 1. The van der Waals surface area contributed by atoms with Crippen molar-refractivity contribution >= 4 is 29.5 Å². The van der Waals surface area contributed by atoms with Crippen LogP contribution in [0.5, 0.6) is 17.2 Å². The number of aromatic nitrogens is 2. The number of nitrogens with one attached hydrogen (secondary N) is 4. The van der Waals surface area contributed by atoms with E-state index in [0.717, 1.165) is 24.2 Å². The minimum atomic E-state index is -1.41. The van der Waals surface area contributed by atoms with E-state index in [2.05, 4.69) is 38.2 Å². The Morgan fingerprint density at radius 2 is 1.51 bits per heavy atom.